The van der Waals surface area contributed by atoms with E-state index in [4.69, 9.17) is 16.3 Å². The van der Waals surface area contributed by atoms with Crippen molar-refractivity contribution in [2.24, 2.45) is 0 Å². The van der Waals surface area contributed by atoms with Crippen LogP contribution in [0.3, 0.4) is 0 Å². The predicted molar refractivity (Wildman–Crippen MR) is 69.3 cm³/mol. The SMILES string of the molecule is COC(C)CNCCNc1cccc(Cl)c1. The minimum Gasteiger partial charge on any atom is -0.384 e. The van der Waals surface area contributed by atoms with Gasteiger partial charge in [0.2, 0.25) is 0 Å². The summed E-state index contributed by atoms with van der Waals surface area (Å²) in [5, 5.41) is 7.35. The zero-order valence-corrected chi connectivity index (χ0v) is 10.6. The molecule has 0 bridgehead atoms. The average Bonchev–Trinajstić information content (AvgIpc) is 2.28. The first-order valence-corrected chi connectivity index (χ1v) is 5.83. The number of ether oxygens (including phenoxy) is 1. The summed E-state index contributed by atoms with van der Waals surface area (Å²) in [7, 11) is 1.72. The summed E-state index contributed by atoms with van der Waals surface area (Å²) in [5.74, 6) is 0. The zero-order valence-electron chi connectivity index (χ0n) is 9.79. The minimum absolute atomic E-state index is 0.256. The van der Waals surface area contributed by atoms with E-state index in [1.165, 1.54) is 0 Å². The van der Waals surface area contributed by atoms with Gasteiger partial charge in [-0.15, -0.1) is 0 Å². The normalized spacial score (nSPS) is 12.4. The fourth-order valence-electron chi connectivity index (χ4n) is 1.28. The van der Waals surface area contributed by atoms with Crippen molar-refractivity contribution in [3.63, 3.8) is 0 Å². The Morgan fingerprint density at radius 2 is 2.19 bits per heavy atom. The van der Waals surface area contributed by atoms with Crippen LogP contribution in [0.15, 0.2) is 24.3 Å². The van der Waals surface area contributed by atoms with E-state index in [0.29, 0.717) is 0 Å². The Kier molecular flexibility index (Phi) is 6.23. The molecule has 1 aromatic carbocycles. The topological polar surface area (TPSA) is 33.3 Å². The van der Waals surface area contributed by atoms with Gasteiger partial charge >= 0.3 is 0 Å². The maximum Gasteiger partial charge on any atom is 0.0667 e. The quantitative estimate of drug-likeness (QED) is 0.721. The van der Waals surface area contributed by atoms with Crippen LogP contribution in [0.1, 0.15) is 6.92 Å². The van der Waals surface area contributed by atoms with E-state index in [2.05, 4.69) is 10.6 Å². The molecule has 0 amide bonds. The smallest absolute Gasteiger partial charge is 0.0667 e. The van der Waals surface area contributed by atoms with E-state index in [-0.39, 0.29) is 6.10 Å². The highest BCUT2D eigenvalue weighted by molar-refractivity contribution is 6.30. The van der Waals surface area contributed by atoms with Gasteiger partial charge in [-0.05, 0) is 25.1 Å². The summed E-state index contributed by atoms with van der Waals surface area (Å²) in [4.78, 5) is 0. The van der Waals surface area contributed by atoms with Crippen molar-refractivity contribution in [2.75, 3.05) is 32.1 Å². The van der Waals surface area contributed by atoms with E-state index < -0.39 is 0 Å². The summed E-state index contributed by atoms with van der Waals surface area (Å²) in [6.07, 6.45) is 0.256. The van der Waals surface area contributed by atoms with Crippen LogP contribution in [0.5, 0.6) is 0 Å². The number of halogens is 1. The molecule has 0 spiro atoms. The lowest BCUT2D eigenvalue weighted by Gasteiger charge is -2.11. The first kappa shape index (κ1) is 13.3. The van der Waals surface area contributed by atoms with E-state index >= 15 is 0 Å². The molecule has 4 heteroatoms. The molecular formula is C12H19ClN2O. The van der Waals surface area contributed by atoms with Crippen LogP contribution in [0.2, 0.25) is 5.02 Å². The van der Waals surface area contributed by atoms with Crippen molar-refractivity contribution in [3.05, 3.63) is 29.3 Å². The van der Waals surface area contributed by atoms with Crippen LogP contribution in [-0.2, 0) is 4.74 Å². The average molecular weight is 243 g/mol. The predicted octanol–water partition coefficient (Wildman–Crippen LogP) is 2.38. The van der Waals surface area contributed by atoms with Gasteiger partial charge in [-0.2, -0.15) is 0 Å². The first-order valence-electron chi connectivity index (χ1n) is 5.45. The van der Waals surface area contributed by atoms with Crippen LogP contribution in [0.4, 0.5) is 5.69 Å². The Morgan fingerprint density at radius 1 is 1.38 bits per heavy atom. The molecule has 1 unspecified atom stereocenters. The van der Waals surface area contributed by atoms with Gasteiger partial charge < -0.3 is 15.4 Å². The third-order valence-corrected chi connectivity index (χ3v) is 2.52. The lowest BCUT2D eigenvalue weighted by molar-refractivity contribution is 0.117. The van der Waals surface area contributed by atoms with E-state index in [1.807, 2.05) is 31.2 Å². The maximum absolute atomic E-state index is 5.87. The molecule has 0 saturated carbocycles. The van der Waals surface area contributed by atoms with Gasteiger partial charge in [0.25, 0.3) is 0 Å². The van der Waals surface area contributed by atoms with Crippen molar-refractivity contribution in [3.8, 4) is 0 Å². The molecule has 1 atom stereocenters. The number of hydrogen-bond acceptors (Lipinski definition) is 3. The van der Waals surface area contributed by atoms with E-state index in [0.717, 1.165) is 30.3 Å². The molecule has 90 valence electrons. The second-order valence-electron chi connectivity index (χ2n) is 3.69. The van der Waals surface area contributed by atoms with Crippen LogP contribution < -0.4 is 10.6 Å². The molecule has 3 nitrogen and oxygen atoms in total. The first-order chi connectivity index (χ1) is 7.72. The van der Waals surface area contributed by atoms with E-state index in [9.17, 15) is 0 Å². The van der Waals surface area contributed by atoms with Gasteiger partial charge in [0.05, 0.1) is 6.10 Å². The number of rotatable bonds is 7. The van der Waals surface area contributed by atoms with Gasteiger partial charge in [-0.3, -0.25) is 0 Å². The van der Waals surface area contributed by atoms with Gasteiger partial charge in [0.15, 0.2) is 0 Å². The van der Waals surface area contributed by atoms with Crippen LogP contribution in [-0.4, -0.2) is 32.8 Å². The van der Waals surface area contributed by atoms with E-state index in [1.54, 1.807) is 7.11 Å². The highest BCUT2D eigenvalue weighted by Gasteiger charge is 1.97. The van der Waals surface area contributed by atoms with Gasteiger partial charge in [0.1, 0.15) is 0 Å². The second kappa shape index (κ2) is 7.49. The van der Waals surface area contributed by atoms with Crippen molar-refractivity contribution in [2.45, 2.75) is 13.0 Å². The zero-order chi connectivity index (χ0) is 11.8. The molecule has 0 aromatic heterocycles. The third-order valence-electron chi connectivity index (χ3n) is 2.29. The second-order valence-corrected chi connectivity index (χ2v) is 4.12. The fourth-order valence-corrected chi connectivity index (χ4v) is 1.47. The number of hydrogen-bond donors (Lipinski definition) is 2. The fraction of sp³-hybridized carbons (Fsp3) is 0.500. The summed E-state index contributed by atoms with van der Waals surface area (Å²) in [5.41, 5.74) is 1.05. The molecule has 0 radical (unpaired) electrons. The molecule has 2 N–H and O–H groups in total. The van der Waals surface area contributed by atoms with Crippen molar-refractivity contribution in [1.82, 2.24) is 5.32 Å². The lowest BCUT2D eigenvalue weighted by atomic mass is 10.3. The van der Waals surface area contributed by atoms with Gasteiger partial charge in [-0.1, -0.05) is 17.7 Å². The number of anilines is 1. The Hall–Kier alpha value is -0.770. The molecule has 0 heterocycles. The molecule has 0 aliphatic carbocycles. The Morgan fingerprint density at radius 3 is 2.88 bits per heavy atom. The van der Waals surface area contributed by atoms with Crippen molar-refractivity contribution < 1.29 is 4.74 Å². The molecule has 0 fully saturated rings. The number of nitrogens with one attached hydrogen (secondary N) is 2. The van der Waals surface area contributed by atoms with Crippen LogP contribution in [0.25, 0.3) is 0 Å². The Balaban J connectivity index is 2.12. The van der Waals surface area contributed by atoms with Crippen molar-refractivity contribution >= 4 is 17.3 Å². The monoisotopic (exact) mass is 242 g/mol. The molecule has 1 rings (SSSR count). The summed E-state index contributed by atoms with van der Waals surface area (Å²) in [6, 6.07) is 7.72. The maximum atomic E-state index is 5.87. The summed E-state index contributed by atoms with van der Waals surface area (Å²) < 4.78 is 5.13. The molecule has 1 aromatic rings. The highest BCUT2D eigenvalue weighted by atomic mass is 35.5. The number of methoxy groups -OCH3 is 1. The highest BCUT2D eigenvalue weighted by Crippen LogP contribution is 2.14. The number of benzene rings is 1. The standard InChI is InChI=1S/C12H19ClN2O/c1-10(16-2)9-14-6-7-15-12-5-3-4-11(13)8-12/h3-5,8,10,14-15H,6-7,9H2,1-2H3. The third kappa shape index (κ3) is 5.35. The Labute approximate surface area is 102 Å². The van der Waals surface area contributed by atoms with Gasteiger partial charge in [-0.25, -0.2) is 0 Å². The summed E-state index contributed by atoms with van der Waals surface area (Å²) in [6.45, 7) is 4.68. The van der Waals surface area contributed by atoms with Crippen LogP contribution >= 0.6 is 11.6 Å². The van der Waals surface area contributed by atoms with Gasteiger partial charge in [0, 0.05) is 37.5 Å². The van der Waals surface area contributed by atoms with Crippen molar-refractivity contribution in [1.29, 1.82) is 0 Å². The lowest BCUT2D eigenvalue weighted by Crippen LogP contribution is -2.30. The Bertz CT molecular complexity index is 307. The summed E-state index contributed by atoms with van der Waals surface area (Å²) >= 11 is 5.87. The molecule has 0 aliphatic rings. The molecule has 0 saturated heterocycles. The van der Waals surface area contributed by atoms with Crippen LogP contribution in [0, 0.1) is 0 Å². The largest absolute Gasteiger partial charge is 0.384 e. The minimum atomic E-state index is 0.256. The molecule has 0 aliphatic heterocycles. The molecular weight excluding hydrogens is 224 g/mol. The molecule has 16 heavy (non-hydrogen) atoms.